The van der Waals surface area contributed by atoms with E-state index in [0.29, 0.717) is 17.5 Å². The molecular formula is C25H27FN4O5S. The Hall–Kier alpha value is -3.86. The van der Waals surface area contributed by atoms with Crippen LogP contribution in [0.4, 0.5) is 10.1 Å². The third kappa shape index (κ3) is 4.92. The lowest BCUT2D eigenvalue weighted by molar-refractivity contribution is 0.0964. The third-order valence-corrected chi connectivity index (χ3v) is 7.02. The SMILES string of the molecule is CNC(=O)c1c(-c2ccc(F)cc2)oc2cc(N(C)S(C)(=O)=O)c(OCCn3nc(C)cc3C)cc12. The number of sulfonamides is 1. The first-order valence-corrected chi connectivity index (χ1v) is 13.0. The van der Waals surface area contributed by atoms with Crippen molar-refractivity contribution in [1.82, 2.24) is 15.1 Å². The van der Waals surface area contributed by atoms with Crippen molar-refractivity contribution < 1.29 is 26.8 Å². The number of hydrogen-bond acceptors (Lipinski definition) is 6. The van der Waals surface area contributed by atoms with Crippen molar-refractivity contribution in [2.24, 2.45) is 0 Å². The number of nitrogens with one attached hydrogen (secondary N) is 1. The lowest BCUT2D eigenvalue weighted by Crippen LogP contribution is -2.25. The number of fused-ring (bicyclic) bond motifs is 1. The molecule has 2 aromatic carbocycles. The molecule has 0 saturated heterocycles. The van der Waals surface area contributed by atoms with Crippen LogP contribution in [0, 0.1) is 19.7 Å². The molecule has 0 fully saturated rings. The fraction of sp³-hybridized carbons (Fsp3) is 0.280. The molecule has 0 aliphatic carbocycles. The molecule has 0 radical (unpaired) electrons. The normalized spacial score (nSPS) is 11.6. The minimum Gasteiger partial charge on any atom is -0.489 e. The Labute approximate surface area is 208 Å². The first-order valence-electron chi connectivity index (χ1n) is 11.2. The summed E-state index contributed by atoms with van der Waals surface area (Å²) in [4.78, 5) is 12.9. The average Bonchev–Trinajstić information content (AvgIpc) is 3.35. The standard InChI is InChI=1S/C25H27FN4O5S/c1-15-12-16(2)30(28-15)10-11-34-22-13-19-21(14-20(22)29(4)36(5,32)33)35-24(23(19)25(31)27-3)17-6-8-18(26)9-7-17/h6-9,12-14H,10-11H2,1-5H3,(H,27,31). The number of carbonyl (C=O) groups is 1. The number of ether oxygens (including phenoxy) is 1. The first kappa shape index (κ1) is 25.2. The van der Waals surface area contributed by atoms with Crippen LogP contribution in [0.25, 0.3) is 22.3 Å². The van der Waals surface area contributed by atoms with Gasteiger partial charge in [-0.1, -0.05) is 0 Å². The van der Waals surface area contributed by atoms with Crippen molar-refractivity contribution in [2.75, 3.05) is 31.3 Å². The second-order valence-corrected chi connectivity index (χ2v) is 10.5. The number of rotatable bonds is 8. The number of nitrogens with zero attached hydrogens (tertiary/aromatic N) is 3. The van der Waals surface area contributed by atoms with Crippen LogP contribution >= 0.6 is 0 Å². The topological polar surface area (TPSA) is 107 Å². The molecule has 36 heavy (non-hydrogen) atoms. The molecule has 0 unspecified atom stereocenters. The van der Waals surface area contributed by atoms with Crippen molar-refractivity contribution in [3.8, 4) is 17.1 Å². The fourth-order valence-corrected chi connectivity index (χ4v) is 4.45. The highest BCUT2D eigenvalue weighted by molar-refractivity contribution is 7.92. The van der Waals surface area contributed by atoms with E-state index >= 15 is 0 Å². The van der Waals surface area contributed by atoms with Gasteiger partial charge in [-0.3, -0.25) is 13.8 Å². The summed E-state index contributed by atoms with van der Waals surface area (Å²) in [5, 5.41) is 7.45. The van der Waals surface area contributed by atoms with E-state index in [9.17, 15) is 17.6 Å². The van der Waals surface area contributed by atoms with E-state index in [2.05, 4.69) is 10.4 Å². The Balaban J connectivity index is 1.84. The van der Waals surface area contributed by atoms with E-state index in [1.54, 1.807) is 10.7 Å². The Morgan fingerprint density at radius 1 is 1.19 bits per heavy atom. The summed E-state index contributed by atoms with van der Waals surface area (Å²) < 4.78 is 53.2. The summed E-state index contributed by atoms with van der Waals surface area (Å²) in [5.74, 6) is -0.344. The Kier molecular flexibility index (Phi) is 6.77. The molecule has 9 nitrogen and oxygen atoms in total. The molecule has 0 aliphatic rings. The van der Waals surface area contributed by atoms with Crippen molar-refractivity contribution in [1.29, 1.82) is 0 Å². The summed E-state index contributed by atoms with van der Waals surface area (Å²) in [5.41, 5.74) is 3.12. The maximum absolute atomic E-state index is 13.5. The Bertz CT molecular complexity index is 1540. The van der Waals surface area contributed by atoms with Crippen molar-refractivity contribution in [2.45, 2.75) is 20.4 Å². The van der Waals surface area contributed by atoms with Crippen LogP contribution in [0.2, 0.25) is 0 Å². The Morgan fingerprint density at radius 2 is 1.89 bits per heavy atom. The molecule has 0 saturated carbocycles. The van der Waals surface area contributed by atoms with Gasteiger partial charge in [0.1, 0.15) is 29.5 Å². The molecule has 190 valence electrons. The second kappa shape index (κ2) is 9.65. The highest BCUT2D eigenvalue weighted by atomic mass is 32.2. The number of hydrogen-bond donors (Lipinski definition) is 1. The maximum atomic E-state index is 13.5. The summed E-state index contributed by atoms with van der Waals surface area (Å²) >= 11 is 0. The average molecular weight is 515 g/mol. The molecule has 4 rings (SSSR count). The van der Waals surface area contributed by atoms with E-state index in [-0.39, 0.29) is 35.0 Å². The zero-order valence-corrected chi connectivity index (χ0v) is 21.4. The van der Waals surface area contributed by atoms with Gasteiger partial charge in [0.05, 0.1) is 29.7 Å². The number of amides is 1. The Morgan fingerprint density at radius 3 is 2.47 bits per heavy atom. The van der Waals surface area contributed by atoms with E-state index in [1.165, 1.54) is 44.4 Å². The highest BCUT2D eigenvalue weighted by Gasteiger charge is 2.26. The molecule has 1 amide bonds. The van der Waals surface area contributed by atoms with Gasteiger partial charge in [-0.15, -0.1) is 0 Å². The molecule has 2 heterocycles. The van der Waals surface area contributed by atoms with E-state index < -0.39 is 21.7 Å². The number of furan rings is 1. The van der Waals surface area contributed by atoms with Gasteiger partial charge in [-0.05, 0) is 50.2 Å². The molecule has 0 spiro atoms. The van der Waals surface area contributed by atoms with Crippen LogP contribution < -0.4 is 14.4 Å². The molecule has 0 aliphatic heterocycles. The molecule has 4 aromatic rings. The largest absolute Gasteiger partial charge is 0.489 e. The lowest BCUT2D eigenvalue weighted by Gasteiger charge is -2.20. The van der Waals surface area contributed by atoms with Gasteiger partial charge in [-0.2, -0.15) is 5.10 Å². The van der Waals surface area contributed by atoms with Crippen LogP contribution in [0.15, 0.2) is 46.9 Å². The van der Waals surface area contributed by atoms with E-state index in [4.69, 9.17) is 9.15 Å². The predicted molar refractivity (Wildman–Crippen MR) is 135 cm³/mol. The van der Waals surface area contributed by atoms with E-state index in [0.717, 1.165) is 21.9 Å². The quantitative estimate of drug-likeness (QED) is 0.382. The van der Waals surface area contributed by atoms with Gasteiger partial charge in [-0.25, -0.2) is 12.8 Å². The van der Waals surface area contributed by atoms with Gasteiger partial charge in [0.25, 0.3) is 5.91 Å². The summed E-state index contributed by atoms with van der Waals surface area (Å²) in [7, 11) is -0.732. The lowest BCUT2D eigenvalue weighted by atomic mass is 10.0. The smallest absolute Gasteiger partial charge is 0.255 e. The van der Waals surface area contributed by atoms with Crippen molar-refractivity contribution >= 4 is 32.6 Å². The third-order valence-electron chi connectivity index (χ3n) is 5.83. The first-order chi connectivity index (χ1) is 17.0. The molecule has 1 N–H and O–H groups in total. The molecule has 0 atom stereocenters. The molecule has 11 heteroatoms. The maximum Gasteiger partial charge on any atom is 0.255 e. The number of anilines is 1. The van der Waals surface area contributed by atoms with Crippen LogP contribution in [-0.4, -0.2) is 51.1 Å². The predicted octanol–water partition coefficient (Wildman–Crippen LogP) is 3.89. The van der Waals surface area contributed by atoms with Gasteiger partial charge in [0.15, 0.2) is 0 Å². The van der Waals surface area contributed by atoms with Crippen LogP contribution in [-0.2, 0) is 16.6 Å². The van der Waals surface area contributed by atoms with Crippen molar-refractivity contribution in [3.05, 3.63) is 65.2 Å². The summed E-state index contributed by atoms with van der Waals surface area (Å²) in [6, 6.07) is 10.6. The molecule has 0 bridgehead atoms. The van der Waals surface area contributed by atoms with Gasteiger partial charge in [0, 0.05) is 36.8 Å². The number of benzene rings is 2. The fourth-order valence-electron chi connectivity index (χ4n) is 3.95. The monoisotopic (exact) mass is 514 g/mol. The molecular weight excluding hydrogens is 487 g/mol. The van der Waals surface area contributed by atoms with Crippen LogP contribution in [0.5, 0.6) is 5.75 Å². The second-order valence-electron chi connectivity index (χ2n) is 8.44. The minimum absolute atomic E-state index is 0.204. The summed E-state index contributed by atoms with van der Waals surface area (Å²) in [6.07, 6.45) is 1.08. The number of aromatic nitrogens is 2. The highest BCUT2D eigenvalue weighted by Crippen LogP contribution is 2.40. The number of halogens is 1. The van der Waals surface area contributed by atoms with Crippen LogP contribution in [0.3, 0.4) is 0 Å². The van der Waals surface area contributed by atoms with Gasteiger partial charge in [0.2, 0.25) is 10.0 Å². The van der Waals surface area contributed by atoms with E-state index in [1.807, 2.05) is 19.9 Å². The zero-order valence-electron chi connectivity index (χ0n) is 20.6. The van der Waals surface area contributed by atoms with Gasteiger partial charge < -0.3 is 14.5 Å². The molecule has 2 aromatic heterocycles. The van der Waals surface area contributed by atoms with Crippen molar-refractivity contribution in [3.63, 3.8) is 0 Å². The zero-order chi connectivity index (χ0) is 26.2. The summed E-state index contributed by atoms with van der Waals surface area (Å²) in [6.45, 7) is 4.48. The number of aryl methyl sites for hydroxylation is 2. The van der Waals surface area contributed by atoms with Gasteiger partial charge >= 0.3 is 0 Å². The number of carbonyl (C=O) groups excluding carboxylic acids is 1. The minimum atomic E-state index is -3.64. The van der Waals surface area contributed by atoms with Crippen LogP contribution in [0.1, 0.15) is 21.7 Å².